The van der Waals surface area contributed by atoms with Crippen molar-refractivity contribution >= 4 is 6.09 Å². The lowest BCUT2D eigenvalue weighted by molar-refractivity contribution is -0.156. The van der Waals surface area contributed by atoms with Crippen LogP contribution in [0, 0.1) is 5.92 Å². The van der Waals surface area contributed by atoms with E-state index >= 15 is 0 Å². The van der Waals surface area contributed by atoms with Gasteiger partial charge in [-0.15, -0.1) is 0 Å². The summed E-state index contributed by atoms with van der Waals surface area (Å²) in [5.74, 6) is 0.713. The molecule has 1 aromatic carbocycles. The maximum absolute atomic E-state index is 11.1. The fourth-order valence-electron chi connectivity index (χ4n) is 3.18. The van der Waals surface area contributed by atoms with E-state index in [0.29, 0.717) is 19.0 Å². The quantitative estimate of drug-likeness (QED) is 0.876. The summed E-state index contributed by atoms with van der Waals surface area (Å²) in [5, 5.41) is 9.12. The summed E-state index contributed by atoms with van der Waals surface area (Å²) in [4.78, 5) is 14.9. The molecule has 5 heteroatoms. The molecule has 1 aliphatic carbocycles. The molecule has 0 unspecified atom stereocenters. The van der Waals surface area contributed by atoms with Crippen LogP contribution in [0.15, 0.2) is 30.3 Å². The Hall–Kier alpha value is -1.59. The third kappa shape index (κ3) is 4.24. The molecule has 2 fully saturated rings. The van der Waals surface area contributed by atoms with Gasteiger partial charge in [-0.3, -0.25) is 4.90 Å². The number of hydrogen-bond donors (Lipinski definition) is 1. The highest BCUT2D eigenvalue weighted by Gasteiger charge is 2.37. The molecular weight excluding hydrogens is 292 g/mol. The Kier molecular flexibility index (Phi) is 4.87. The Labute approximate surface area is 137 Å². The number of nitrogens with zero attached hydrogens (tertiary/aromatic N) is 2. The number of hydrogen-bond acceptors (Lipinski definition) is 3. The molecule has 0 spiro atoms. The molecule has 3 rings (SSSR count). The molecule has 1 aromatic rings. The predicted octanol–water partition coefficient (Wildman–Crippen LogP) is 2.67. The largest absolute Gasteiger partial charge is 0.465 e. The fourth-order valence-corrected chi connectivity index (χ4v) is 3.18. The SMILES string of the molecule is C[C@@](Cc1ccccc1)(OCC1CC1)N1CCN(C(=O)O)CC1. The van der Waals surface area contributed by atoms with Gasteiger partial charge in [0, 0.05) is 32.6 Å². The van der Waals surface area contributed by atoms with Gasteiger partial charge < -0.3 is 14.7 Å². The van der Waals surface area contributed by atoms with E-state index in [1.54, 1.807) is 0 Å². The van der Waals surface area contributed by atoms with E-state index in [9.17, 15) is 4.79 Å². The number of carbonyl (C=O) groups is 1. The average Bonchev–Trinajstić information content (AvgIpc) is 3.38. The molecule has 23 heavy (non-hydrogen) atoms. The maximum Gasteiger partial charge on any atom is 0.407 e. The second-order valence-electron chi connectivity index (χ2n) is 6.85. The Morgan fingerprint density at radius 1 is 1.22 bits per heavy atom. The first-order chi connectivity index (χ1) is 11.1. The number of piperazine rings is 1. The van der Waals surface area contributed by atoms with E-state index in [1.165, 1.54) is 23.3 Å². The van der Waals surface area contributed by atoms with Gasteiger partial charge >= 0.3 is 6.09 Å². The Balaban J connectivity index is 1.68. The molecule has 0 bridgehead atoms. The molecule has 1 atom stereocenters. The van der Waals surface area contributed by atoms with Gasteiger partial charge in [0.2, 0.25) is 0 Å². The molecule has 0 aromatic heterocycles. The van der Waals surface area contributed by atoms with Crippen LogP contribution in [-0.4, -0.2) is 59.5 Å². The molecule has 126 valence electrons. The molecule has 5 nitrogen and oxygen atoms in total. The summed E-state index contributed by atoms with van der Waals surface area (Å²) in [6.45, 7) is 5.50. The number of rotatable bonds is 6. The second-order valence-corrected chi connectivity index (χ2v) is 6.85. The molecule has 1 saturated carbocycles. The summed E-state index contributed by atoms with van der Waals surface area (Å²) in [6, 6.07) is 10.4. The van der Waals surface area contributed by atoms with E-state index < -0.39 is 6.09 Å². The summed E-state index contributed by atoms with van der Waals surface area (Å²) in [6.07, 6.45) is 2.55. The van der Waals surface area contributed by atoms with Gasteiger partial charge in [-0.25, -0.2) is 4.79 Å². The normalized spacial score (nSPS) is 21.9. The minimum atomic E-state index is -0.826. The van der Waals surface area contributed by atoms with Crippen LogP contribution < -0.4 is 0 Å². The van der Waals surface area contributed by atoms with Crippen LogP contribution in [0.25, 0.3) is 0 Å². The highest BCUT2D eigenvalue weighted by Crippen LogP contribution is 2.32. The molecule has 1 aliphatic heterocycles. The van der Waals surface area contributed by atoms with Crippen molar-refractivity contribution in [3.63, 3.8) is 0 Å². The molecule has 0 radical (unpaired) electrons. The van der Waals surface area contributed by atoms with Gasteiger partial charge in [-0.1, -0.05) is 30.3 Å². The third-order valence-corrected chi connectivity index (χ3v) is 4.92. The van der Waals surface area contributed by atoms with Crippen molar-refractivity contribution in [2.24, 2.45) is 5.92 Å². The number of ether oxygens (including phenoxy) is 1. The first-order valence-corrected chi connectivity index (χ1v) is 8.48. The van der Waals surface area contributed by atoms with E-state index in [2.05, 4.69) is 36.1 Å². The lowest BCUT2D eigenvalue weighted by Crippen LogP contribution is -2.58. The van der Waals surface area contributed by atoms with Gasteiger partial charge in [0.1, 0.15) is 5.72 Å². The minimum absolute atomic E-state index is 0.367. The van der Waals surface area contributed by atoms with Gasteiger partial charge in [0.05, 0.1) is 6.61 Å². The minimum Gasteiger partial charge on any atom is -0.465 e. The van der Waals surface area contributed by atoms with Crippen molar-refractivity contribution in [2.45, 2.75) is 31.9 Å². The van der Waals surface area contributed by atoms with Crippen LogP contribution in [0.3, 0.4) is 0 Å². The fraction of sp³-hybridized carbons (Fsp3) is 0.611. The van der Waals surface area contributed by atoms with Crippen molar-refractivity contribution in [1.29, 1.82) is 0 Å². The van der Waals surface area contributed by atoms with Crippen LogP contribution in [0.5, 0.6) is 0 Å². The van der Waals surface area contributed by atoms with Crippen molar-refractivity contribution in [1.82, 2.24) is 9.80 Å². The van der Waals surface area contributed by atoms with E-state index in [0.717, 1.165) is 26.1 Å². The molecule has 1 saturated heterocycles. The summed E-state index contributed by atoms with van der Waals surface area (Å²) < 4.78 is 6.35. The molecule has 1 N–H and O–H groups in total. The van der Waals surface area contributed by atoms with Crippen LogP contribution in [-0.2, 0) is 11.2 Å². The van der Waals surface area contributed by atoms with Crippen molar-refractivity contribution in [3.05, 3.63) is 35.9 Å². The molecular formula is C18H26N2O3. The summed E-state index contributed by atoms with van der Waals surface area (Å²) in [5.41, 5.74) is 0.889. The van der Waals surface area contributed by atoms with Gasteiger partial charge in [0.15, 0.2) is 0 Å². The first kappa shape index (κ1) is 16.3. The van der Waals surface area contributed by atoms with Crippen LogP contribution >= 0.6 is 0 Å². The van der Waals surface area contributed by atoms with E-state index in [4.69, 9.17) is 9.84 Å². The smallest absolute Gasteiger partial charge is 0.407 e. The summed E-state index contributed by atoms with van der Waals surface area (Å²) in [7, 11) is 0. The van der Waals surface area contributed by atoms with Gasteiger partial charge in [-0.2, -0.15) is 0 Å². The second kappa shape index (κ2) is 6.89. The van der Waals surface area contributed by atoms with Crippen molar-refractivity contribution in [3.8, 4) is 0 Å². The van der Waals surface area contributed by atoms with Crippen LogP contribution in [0.1, 0.15) is 25.3 Å². The van der Waals surface area contributed by atoms with Crippen molar-refractivity contribution in [2.75, 3.05) is 32.8 Å². The zero-order valence-corrected chi connectivity index (χ0v) is 13.8. The summed E-state index contributed by atoms with van der Waals surface area (Å²) >= 11 is 0. The van der Waals surface area contributed by atoms with Crippen LogP contribution in [0.4, 0.5) is 4.79 Å². The standard InChI is InChI=1S/C18H26N2O3/c1-18(23-14-16-7-8-16,13-15-5-3-2-4-6-15)20-11-9-19(10-12-20)17(21)22/h2-6,16H,7-14H2,1H3,(H,21,22)/t18-/m0/s1. The van der Waals surface area contributed by atoms with Crippen molar-refractivity contribution < 1.29 is 14.6 Å². The molecule has 1 heterocycles. The predicted molar refractivity (Wildman–Crippen MR) is 88.4 cm³/mol. The number of amides is 1. The highest BCUT2D eigenvalue weighted by atomic mass is 16.5. The third-order valence-electron chi connectivity index (χ3n) is 4.92. The van der Waals surface area contributed by atoms with E-state index in [-0.39, 0.29) is 5.72 Å². The maximum atomic E-state index is 11.1. The van der Waals surface area contributed by atoms with Crippen LogP contribution in [0.2, 0.25) is 0 Å². The Morgan fingerprint density at radius 3 is 2.43 bits per heavy atom. The molecule has 1 amide bonds. The zero-order valence-electron chi connectivity index (χ0n) is 13.8. The Morgan fingerprint density at radius 2 is 1.87 bits per heavy atom. The highest BCUT2D eigenvalue weighted by molar-refractivity contribution is 5.65. The average molecular weight is 318 g/mol. The molecule has 2 aliphatic rings. The number of carboxylic acid groups (broad SMARTS) is 1. The van der Waals surface area contributed by atoms with Gasteiger partial charge in [0.25, 0.3) is 0 Å². The Bertz CT molecular complexity index is 524. The van der Waals surface area contributed by atoms with E-state index in [1.807, 2.05) is 6.07 Å². The number of benzene rings is 1. The lowest BCUT2D eigenvalue weighted by atomic mass is 10.0. The lowest BCUT2D eigenvalue weighted by Gasteiger charge is -2.45. The van der Waals surface area contributed by atoms with Gasteiger partial charge in [-0.05, 0) is 31.2 Å². The monoisotopic (exact) mass is 318 g/mol. The first-order valence-electron chi connectivity index (χ1n) is 8.48. The topological polar surface area (TPSA) is 53.0 Å². The zero-order chi connectivity index (χ0) is 16.3.